The summed E-state index contributed by atoms with van der Waals surface area (Å²) in [5.74, 6) is 1.56. The van der Waals surface area contributed by atoms with Crippen LogP contribution in [0, 0.1) is 0 Å². The van der Waals surface area contributed by atoms with Crippen LogP contribution in [0.2, 0.25) is 0 Å². The molecule has 33 heavy (non-hydrogen) atoms. The Morgan fingerprint density at radius 1 is 0.970 bits per heavy atom. The molecule has 1 heterocycles. The molecule has 0 bridgehead atoms. The summed E-state index contributed by atoms with van der Waals surface area (Å²) in [5.41, 5.74) is 0.500. The van der Waals surface area contributed by atoms with E-state index in [0.717, 1.165) is 11.3 Å². The number of H-pyrrole nitrogens is 1. The summed E-state index contributed by atoms with van der Waals surface area (Å²) >= 11 is 0. The number of fused-ring (bicyclic) bond motifs is 1. The summed E-state index contributed by atoms with van der Waals surface area (Å²) in [6.07, 6.45) is 2.35. The Balaban J connectivity index is 1.52. The molecule has 0 aliphatic carbocycles. The van der Waals surface area contributed by atoms with Crippen molar-refractivity contribution in [2.45, 2.75) is 38.8 Å². The van der Waals surface area contributed by atoms with Crippen molar-refractivity contribution in [3.05, 3.63) is 62.8 Å². The number of nitrogens with one attached hydrogen (secondary N) is 2. The fourth-order valence-electron chi connectivity index (χ4n) is 3.59. The van der Waals surface area contributed by atoms with Gasteiger partial charge in [0.2, 0.25) is 5.91 Å². The molecule has 0 aliphatic heterocycles. The van der Waals surface area contributed by atoms with Gasteiger partial charge in [-0.3, -0.25) is 14.2 Å². The van der Waals surface area contributed by atoms with Crippen molar-refractivity contribution in [2.24, 2.45) is 0 Å². The minimum atomic E-state index is -0.476. The lowest BCUT2D eigenvalue weighted by atomic mass is 10.1. The van der Waals surface area contributed by atoms with Gasteiger partial charge in [-0.15, -0.1) is 0 Å². The molecule has 1 aromatic heterocycles. The van der Waals surface area contributed by atoms with Crippen LogP contribution in [0.1, 0.15) is 31.2 Å². The second-order valence-corrected chi connectivity index (χ2v) is 7.58. The van der Waals surface area contributed by atoms with E-state index in [-0.39, 0.29) is 18.0 Å². The predicted octanol–water partition coefficient (Wildman–Crippen LogP) is 2.59. The Bertz CT molecular complexity index is 1230. The van der Waals surface area contributed by atoms with Crippen LogP contribution in [-0.2, 0) is 17.9 Å². The molecule has 0 aliphatic rings. The Morgan fingerprint density at radius 2 is 1.73 bits per heavy atom. The lowest BCUT2D eigenvalue weighted by Crippen LogP contribution is -2.35. The number of nitrogens with zero attached hydrogens (tertiary/aromatic N) is 1. The number of unbranched alkanes of at least 4 members (excludes halogenated alkanes) is 2. The number of benzene rings is 2. The first-order valence-corrected chi connectivity index (χ1v) is 10.7. The maximum atomic E-state index is 12.8. The minimum Gasteiger partial charge on any atom is -0.497 e. The molecule has 0 fully saturated rings. The summed E-state index contributed by atoms with van der Waals surface area (Å²) in [7, 11) is 4.58. The Hall–Kier alpha value is -3.75. The molecule has 0 saturated carbocycles. The summed E-state index contributed by atoms with van der Waals surface area (Å²) in [6, 6.07) is 10.7. The molecule has 3 aromatic rings. The summed E-state index contributed by atoms with van der Waals surface area (Å²) in [5, 5.41) is 3.24. The number of aromatic nitrogens is 2. The Labute approximate surface area is 191 Å². The Kier molecular flexibility index (Phi) is 8.12. The third-order valence-electron chi connectivity index (χ3n) is 5.40. The molecule has 2 N–H and O–H groups in total. The molecule has 2 aromatic carbocycles. The van der Waals surface area contributed by atoms with Crippen molar-refractivity contribution < 1.29 is 19.0 Å². The average molecular weight is 456 g/mol. The van der Waals surface area contributed by atoms with Gasteiger partial charge < -0.3 is 24.5 Å². The van der Waals surface area contributed by atoms with E-state index in [9.17, 15) is 14.4 Å². The highest BCUT2D eigenvalue weighted by atomic mass is 16.5. The quantitative estimate of drug-likeness (QED) is 0.430. The third kappa shape index (κ3) is 5.94. The number of methoxy groups -OCH3 is 3. The highest BCUT2D eigenvalue weighted by Gasteiger charge is 2.13. The van der Waals surface area contributed by atoms with Crippen LogP contribution in [0.25, 0.3) is 10.9 Å². The summed E-state index contributed by atoms with van der Waals surface area (Å²) < 4.78 is 16.8. The van der Waals surface area contributed by atoms with Crippen LogP contribution in [0.5, 0.6) is 17.2 Å². The number of hydrogen-bond acceptors (Lipinski definition) is 6. The van der Waals surface area contributed by atoms with Gasteiger partial charge in [-0.2, -0.15) is 0 Å². The minimum absolute atomic E-state index is 0.0421. The lowest BCUT2D eigenvalue weighted by Gasteiger charge is -2.11. The van der Waals surface area contributed by atoms with Gasteiger partial charge in [-0.05, 0) is 36.6 Å². The number of amides is 1. The van der Waals surface area contributed by atoms with E-state index in [1.54, 1.807) is 19.2 Å². The maximum Gasteiger partial charge on any atom is 0.328 e. The first-order chi connectivity index (χ1) is 16.0. The molecular formula is C24H29N3O6. The molecular weight excluding hydrogens is 426 g/mol. The van der Waals surface area contributed by atoms with Crippen molar-refractivity contribution in [2.75, 3.05) is 21.3 Å². The summed E-state index contributed by atoms with van der Waals surface area (Å²) in [4.78, 5) is 40.1. The van der Waals surface area contributed by atoms with Gasteiger partial charge in [0.1, 0.15) is 5.75 Å². The van der Waals surface area contributed by atoms with Gasteiger partial charge in [-0.1, -0.05) is 18.6 Å². The van der Waals surface area contributed by atoms with E-state index >= 15 is 0 Å². The van der Waals surface area contributed by atoms with E-state index in [2.05, 4.69) is 10.3 Å². The second-order valence-electron chi connectivity index (χ2n) is 7.58. The van der Waals surface area contributed by atoms with E-state index in [0.29, 0.717) is 54.6 Å². The van der Waals surface area contributed by atoms with Crippen molar-refractivity contribution in [1.29, 1.82) is 0 Å². The van der Waals surface area contributed by atoms with E-state index < -0.39 is 5.69 Å². The lowest BCUT2D eigenvalue weighted by molar-refractivity contribution is -0.121. The van der Waals surface area contributed by atoms with Crippen molar-refractivity contribution in [3.63, 3.8) is 0 Å². The van der Waals surface area contributed by atoms with E-state index in [1.807, 2.05) is 24.3 Å². The summed E-state index contributed by atoms with van der Waals surface area (Å²) in [6.45, 7) is 0.704. The highest BCUT2D eigenvalue weighted by molar-refractivity contribution is 5.81. The monoisotopic (exact) mass is 455 g/mol. The van der Waals surface area contributed by atoms with Gasteiger partial charge in [0.05, 0.1) is 32.2 Å². The largest absolute Gasteiger partial charge is 0.497 e. The van der Waals surface area contributed by atoms with Gasteiger partial charge >= 0.3 is 5.69 Å². The fourth-order valence-corrected chi connectivity index (χ4v) is 3.59. The second kappa shape index (κ2) is 11.2. The zero-order valence-corrected chi connectivity index (χ0v) is 19.1. The standard InChI is InChI=1S/C24H29N3O6/c1-31-17-9-7-8-16(12-17)15-25-22(28)10-5-4-6-11-27-23(29)18-13-20(32-2)21(33-3)14-19(18)26-24(27)30/h7-9,12-14H,4-6,10-11,15H2,1-3H3,(H,25,28)(H,26,30). The van der Waals surface area contributed by atoms with E-state index in [4.69, 9.17) is 14.2 Å². The molecule has 176 valence electrons. The number of carbonyl (C=O) groups is 1. The SMILES string of the molecule is COc1cccc(CNC(=O)CCCCCn2c(=O)[nH]c3cc(OC)c(OC)cc3c2=O)c1. The Morgan fingerprint density at radius 3 is 2.45 bits per heavy atom. The average Bonchev–Trinajstić information content (AvgIpc) is 2.83. The van der Waals surface area contributed by atoms with Crippen molar-refractivity contribution in [3.8, 4) is 17.2 Å². The zero-order chi connectivity index (χ0) is 23.8. The van der Waals surface area contributed by atoms with Crippen molar-refractivity contribution in [1.82, 2.24) is 14.9 Å². The molecule has 3 rings (SSSR count). The van der Waals surface area contributed by atoms with Crippen LogP contribution in [0.4, 0.5) is 0 Å². The number of rotatable bonds is 11. The molecule has 0 radical (unpaired) electrons. The molecule has 9 nitrogen and oxygen atoms in total. The number of hydrogen-bond donors (Lipinski definition) is 2. The topological polar surface area (TPSA) is 112 Å². The van der Waals surface area contributed by atoms with E-state index in [1.165, 1.54) is 18.8 Å². The first-order valence-electron chi connectivity index (χ1n) is 10.7. The molecule has 0 spiro atoms. The first kappa shape index (κ1) is 23.9. The van der Waals surface area contributed by atoms with Gasteiger partial charge in [0, 0.05) is 25.6 Å². The van der Waals surface area contributed by atoms with Crippen LogP contribution in [0.3, 0.4) is 0 Å². The van der Waals surface area contributed by atoms with Crippen molar-refractivity contribution >= 4 is 16.8 Å². The zero-order valence-electron chi connectivity index (χ0n) is 19.1. The van der Waals surface area contributed by atoms with Gasteiger partial charge in [0.25, 0.3) is 5.56 Å². The molecule has 9 heteroatoms. The fraction of sp³-hybridized carbons (Fsp3) is 0.375. The van der Waals surface area contributed by atoms with Gasteiger partial charge in [-0.25, -0.2) is 4.79 Å². The van der Waals surface area contributed by atoms with Crippen LogP contribution < -0.4 is 30.8 Å². The molecule has 0 unspecified atom stereocenters. The number of aromatic amines is 1. The molecule has 0 atom stereocenters. The maximum absolute atomic E-state index is 12.8. The predicted molar refractivity (Wildman–Crippen MR) is 125 cm³/mol. The number of carbonyl (C=O) groups excluding carboxylic acids is 1. The highest BCUT2D eigenvalue weighted by Crippen LogP contribution is 2.29. The number of ether oxygens (including phenoxy) is 3. The van der Waals surface area contributed by atoms with Crippen LogP contribution in [0.15, 0.2) is 46.0 Å². The normalized spacial score (nSPS) is 10.8. The van der Waals surface area contributed by atoms with Crippen LogP contribution in [-0.4, -0.2) is 36.8 Å². The smallest absolute Gasteiger partial charge is 0.328 e. The van der Waals surface area contributed by atoms with Crippen LogP contribution >= 0.6 is 0 Å². The third-order valence-corrected chi connectivity index (χ3v) is 5.40. The molecule has 1 amide bonds. The van der Waals surface area contributed by atoms with Gasteiger partial charge in [0.15, 0.2) is 11.5 Å². The molecule has 0 saturated heterocycles.